The summed E-state index contributed by atoms with van der Waals surface area (Å²) in [4.78, 5) is 0. The van der Waals surface area contributed by atoms with Crippen molar-refractivity contribution >= 4 is 15.5 Å². The van der Waals surface area contributed by atoms with Crippen LogP contribution in [0.25, 0.3) is 0 Å². The second-order valence-corrected chi connectivity index (χ2v) is 7.00. The largest absolute Gasteiger partial charge is 0.377 e. The summed E-state index contributed by atoms with van der Waals surface area (Å²) in [7, 11) is -3.07. The molecule has 4 nitrogen and oxygen atoms in total. The maximum Gasteiger partial charge on any atom is 0.152 e. The number of halogens is 1. The van der Waals surface area contributed by atoms with Gasteiger partial charge in [0.15, 0.2) is 9.84 Å². The van der Waals surface area contributed by atoms with Crippen LogP contribution in [0, 0.1) is 5.82 Å². The number of rotatable bonds is 3. The van der Waals surface area contributed by atoms with Crippen LogP contribution in [0.15, 0.2) is 24.3 Å². The Bertz CT molecular complexity index is 533. The van der Waals surface area contributed by atoms with Crippen LogP contribution in [0.1, 0.15) is 12.8 Å². The van der Waals surface area contributed by atoms with E-state index in [2.05, 4.69) is 5.32 Å². The minimum Gasteiger partial charge on any atom is -0.377 e. The molecule has 0 aliphatic carbocycles. The monoisotopic (exact) mass is 272 g/mol. The second-order valence-electron chi connectivity index (χ2n) is 4.82. The number of benzene rings is 1. The van der Waals surface area contributed by atoms with Gasteiger partial charge in [0.05, 0.1) is 17.0 Å². The van der Waals surface area contributed by atoms with Crippen molar-refractivity contribution in [2.45, 2.75) is 18.4 Å². The molecule has 1 aliphatic heterocycles. The van der Waals surface area contributed by atoms with E-state index in [0.717, 1.165) is 0 Å². The van der Waals surface area contributed by atoms with Crippen LogP contribution in [0.4, 0.5) is 10.1 Å². The Balaban J connectivity index is 2.23. The van der Waals surface area contributed by atoms with Crippen LogP contribution in [0.3, 0.4) is 0 Å². The molecule has 0 amide bonds. The minimum atomic E-state index is -3.07. The highest BCUT2D eigenvalue weighted by molar-refractivity contribution is 7.91. The number of anilines is 1. The van der Waals surface area contributed by atoms with E-state index in [-0.39, 0.29) is 23.9 Å². The molecule has 0 spiro atoms. The molecule has 100 valence electrons. The fraction of sp³-hybridized carbons (Fsp3) is 0.500. The first-order chi connectivity index (χ1) is 8.45. The first-order valence-corrected chi connectivity index (χ1v) is 7.71. The lowest BCUT2D eigenvalue weighted by molar-refractivity contribution is 0.450. The quantitative estimate of drug-likeness (QED) is 0.865. The molecule has 0 aromatic heterocycles. The standard InChI is InChI=1S/C12H17FN2O2S/c13-10-3-1-4-11(7-10)15-12(8-14)5-2-6-18(16,17)9-12/h1,3-4,7,15H,2,5-6,8-9,14H2. The summed E-state index contributed by atoms with van der Waals surface area (Å²) in [6, 6.07) is 5.98. The molecule has 18 heavy (non-hydrogen) atoms. The van der Waals surface area contributed by atoms with Gasteiger partial charge in [-0.25, -0.2) is 12.8 Å². The minimum absolute atomic E-state index is 0.00696. The molecule has 6 heteroatoms. The summed E-state index contributed by atoms with van der Waals surface area (Å²) in [5.74, 6) is -0.141. The lowest BCUT2D eigenvalue weighted by Crippen LogP contribution is -2.53. The van der Waals surface area contributed by atoms with E-state index in [4.69, 9.17) is 5.73 Å². The Labute approximate surface area is 106 Å². The summed E-state index contributed by atoms with van der Waals surface area (Å²) in [6.45, 7) is 0.211. The van der Waals surface area contributed by atoms with Gasteiger partial charge in [0, 0.05) is 12.2 Å². The number of hydrogen-bond donors (Lipinski definition) is 2. The van der Waals surface area contributed by atoms with Gasteiger partial charge in [0.25, 0.3) is 0 Å². The molecule has 1 heterocycles. The zero-order valence-corrected chi connectivity index (χ0v) is 10.8. The van der Waals surface area contributed by atoms with Crippen LogP contribution >= 0.6 is 0 Å². The van der Waals surface area contributed by atoms with Crippen molar-refractivity contribution in [3.05, 3.63) is 30.1 Å². The Morgan fingerprint density at radius 2 is 2.22 bits per heavy atom. The van der Waals surface area contributed by atoms with E-state index in [1.165, 1.54) is 12.1 Å². The average Bonchev–Trinajstić information content (AvgIpc) is 2.27. The molecule has 1 aliphatic rings. The molecule has 1 fully saturated rings. The highest BCUT2D eigenvalue weighted by atomic mass is 32.2. The summed E-state index contributed by atoms with van der Waals surface area (Å²) < 4.78 is 36.5. The zero-order valence-electron chi connectivity index (χ0n) is 10.0. The normalized spacial score (nSPS) is 26.8. The summed E-state index contributed by atoms with van der Waals surface area (Å²) >= 11 is 0. The molecule has 1 aromatic carbocycles. The van der Waals surface area contributed by atoms with Crippen molar-refractivity contribution in [1.29, 1.82) is 0 Å². The Hall–Kier alpha value is -1.14. The predicted octanol–water partition coefficient (Wildman–Crippen LogP) is 1.14. The number of sulfone groups is 1. The Kier molecular flexibility index (Phi) is 3.59. The smallest absolute Gasteiger partial charge is 0.152 e. The Morgan fingerprint density at radius 3 is 2.83 bits per heavy atom. The third kappa shape index (κ3) is 3.00. The molecule has 3 N–H and O–H groups in total. The van der Waals surface area contributed by atoms with Gasteiger partial charge in [-0.15, -0.1) is 0 Å². The highest BCUT2D eigenvalue weighted by Crippen LogP contribution is 2.26. The number of nitrogens with two attached hydrogens (primary N) is 1. The topological polar surface area (TPSA) is 72.2 Å². The van der Waals surface area contributed by atoms with Crippen LogP contribution in [0.5, 0.6) is 0 Å². The van der Waals surface area contributed by atoms with E-state index in [1.54, 1.807) is 12.1 Å². The van der Waals surface area contributed by atoms with Gasteiger partial charge in [-0.05, 0) is 31.0 Å². The summed E-state index contributed by atoms with van der Waals surface area (Å²) in [6.07, 6.45) is 1.26. The van der Waals surface area contributed by atoms with E-state index >= 15 is 0 Å². The maximum atomic E-state index is 13.1. The van der Waals surface area contributed by atoms with Gasteiger partial charge in [-0.3, -0.25) is 0 Å². The average molecular weight is 272 g/mol. The zero-order chi connectivity index (χ0) is 13.2. The number of hydrogen-bond acceptors (Lipinski definition) is 4. The predicted molar refractivity (Wildman–Crippen MR) is 69.7 cm³/mol. The molecule has 2 rings (SSSR count). The van der Waals surface area contributed by atoms with Crippen LogP contribution in [0.2, 0.25) is 0 Å². The number of nitrogens with one attached hydrogen (secondary N) is 1. The van der Waals surface area contributed by atoms with E-state index < -0.39 is 15.4 Å². The van der Waals surface area contributed by atoms with E-state index in [0.29, 0.717) is 18.5 Å². The van der Waals surface area contributed by atoms with Crippen molar-refractivity contribution in [1.82, 2.24) is 0 Å². The molecule has 0 radical (unpaired) electrons. The maximum absolute atomic E-state index is 13.1. The van der Waals surface area contributed by atoms with Crippen molar-refractivity contribution < 1.29 is 12.8 Å². The van der Waals surface area contributed by atoms with Gasteiger partial charge in [0.2, 0.25) is 0 Å². The SMILES string of the molecule is NCC1(Nc2cccc(F)c2)CCCS(=O)(=O)C1. The summed E-state index contributed by atoms with van der Waals surface area (Å²) in [5, 5.41) is 3.10. The first kappa shape index (κ1) is 13.3. The van der Waals surface area contributed by atoms with Crippen LogP contribution in [-0.2, 0) is 9.84 Å². The van der Waals surface area contributed by atoms with E-state index in [1.807, 2.05) is 0 Å². The van der Waals surface area contributed by atoms with E-state index in [9.17, 15) is 12.8 Å². The molecule has 0 bridgehead atoms. The molecule has 1 atom stereocenters. The van der Waals surface area contributed by atoms with Crippen molar-refractivity contribution in [3.8, 4) is 0 Å². The highest BCUT2D eigenvalue weighted by Gasteiger charge is 2.37. The van der Waals surface area contributed by atoms with Crippen LogP contribution in [-0.4, -0.2) is 32.0 Å². The van der Waals surface area contributed by atoms with Gasteiger partial charge < -0.3 is 11.1 Å². The van der Waals surface area contributed by atoms with Crippen molar-refractivity contribution in [2.24, 2.45) is 5.73 Å². The summed E-state index contributed by atoms with van der Waals surface area (Å²) in [5.41, 5.74) is 5.62. The van der Waals surface area contributed by atoms with Gasteiger partial charge >= 0.3 is 0 Å². The molecule has 0 saturated carbocycles. The third-order valence-corrected chi connectivity index (χ3v) is 5.13. The van der Waals surface area contributed by atoms with Crippen LogP contribution < -0.4 is 11.1 Å². The first-order valence-electron chi connectivity index (χ1n) is 5.89. The Morgan fingerprint density at radius 1 is 1.44 bits per heavy atom. The molecule has 1 saturated heterocycles. The molecular formula is C12H17FN2O2S. The molecule has 1 unspecified atom stereocenters. The van der Waals surface area contributed by atoms with Gasteiger partial charge in [-0.1, -0.05) is 6.07 Å². The fourth-order valence-corrected chi connectivity index (χ4v) is 4.28. The molecular weight excluding hydrogens is 255 g/mol. The third-order valence-electron chi connectivity index (χ3n) is 3.23. The van der Waals surface area contributed by atoms with Gasteiger partial charge in [0.1, 0.15) is 5.82 Å². The molecule has 1 aromatic rings. The van der Waals surface area contributed by atoms with Gasteiger partial charge in [-0.2, -0.15) is 0 Å². The lowest BCUT2D eigenvalue weighted by Gasteiger charge is -2.37. The van der Waals surface area contributed by atoms with Crippen molar-refractivity contribution in [2.75, 3.05) is 23.4 Å². The lowest BCUT2D eigenvalue weighted by atomic mass is 9.95. The fourth-order valence-electron chi connectivity index (χ4n) is 2.38. The van der Waals surface area contributed by atoms with Crippen molar-refractivity contribution in [3.63, 3.8) is 0 Å². The second kappa shape index (κ2) is 4.85.